The lowest BCUT2D eigenvalue weighted by Crippen LogP contribution is -2.44. The SMILES string of the molecule is Cn1cc(C2CS(=O)CCN2C(=O)c2ccc(CCC(F)(F)F)cc2)cn1. The number of carbonyl (C=O) groups is 1. The molecule has 0 aliphatic carbocycles. The molecule has 5 nitrogen and oxygen atoms in total. The van der Waals surface area contributed by atoms with E-state index in [0.717, 1.165) is 5.56 Å². The van der Waals surface area contributed by atoms with Gasteiger partial charge in [0.05, 0.1) is 12.2 Å². The second-order valence-electron chi connectivity index (χ2n) is 6.58. The van der Waals surface area contributed by atoms with Crippen LogP contribution in [0.1, 0.15) is 33.9 Å². The summed E-state index contributed by atoms with van der Waals surface area (Å²) in [5.74, 6) is 0.538. The fourth-order valence-electron chi connectivity index (χ4n) is 3.10. The lowest BCUT2D eigenvalue weighted by molar-refractivity contribution is -0.134. The maximum Gasteiger partial charge on any atom is 0.389 e. The number of nitrogens with zero attached hydrogens (tertiary/aromatic N) is 3. The van der Waals surface area contributed by atoms with Crippen molar-refractivity contribution in [3.8, 4) is 0 Å². The average molecular weight is 399 g/mol. The van der Waals surface area contributed by atoms with E-state index in [-0.39, 0.29) is 18.4 Å². The maximum atomic E-state index is 12.9. The molecule has 0 N–H and O–H groups in total. The minimum absolute atomic E-state index is 0.112. The van der Waals surface area contributed by atoms with Gasteiger partial charge in [-0.25, -0.2) is 0 Å². The summed E-state index contributed by atoms with van der Waals surface area (Å²) in [4.78, 5) is 14.6. The summed E-state index contributed by atoms with van der Waals surface area (Å²) in [7, 11) is 0.765. The molecular formula is C18H20F3N3O2S. The van der Waals surface area contributed by atoms with Gasteiger partial charge in [0.1, 0.15) is 0 Å². The molecule has 0 spiro atoms. The van der Waals surface area contributed by atoms with Gasteiger partial charge in [0.2, 0.25) is 0 Å². The Bertz CT molecular complexity index is 833. The van der Waals surface area contributed by atoms with Crippen molar-refractivity contribution in [1.82, 2.24) is 14.7 Å². The number of halogens is 3. The molecule has 1 aliphatic rings. The average Bonchev–Trinajstić information content (AvgIpc) is 3.05. The lowest BCUT2D eigenvalue weighted by atomic mass is 10.0. The van der Waals surface area contributed by atoms with Gasteiger partial charge in [-0.1, -0.05) is 12.1 Å². The van der Waals surface area contributed by atoms with Crippen LogP contribution in [-0.2, 0) is 24.3 Å². The van der Waals surface area contributed by atoms with Crippen molar-refractivity contribution in [2.24, 2.45) is 7.05 Å². The molecule has 1 fully saturated rings. The van der Waals surface area contributed by atoms with Gasteiger partial charge in [-0.2, -0.15) is 18.3 Å². The Kier molecular flexibility index (Phi) is 5.69. The fourth-order valence-corrected chi connectivity index (χ4v) is 4.39. The smallest absolute Gasteiger partial charge is 0.330 e. The maximum absolute atomic E-state index is 12.9. The quantitative estimate of drug-likeness (QED) is 0.795. The van der Waals surface area contributed by atoms with Gasteiger partial charge in [-0.15, -0.1) is 0 Å². The highest BCUT2D eigenvalue weighted by molar-refractivity contribution is 7.85. The molecule has 2 aromatic rings. The second-order valence-corrected chi connectivity index (χ2v) is 8.21. The number of amides is 1. The van der Waals surface area contributed by atoms with Crippen LogP contribution in [0.5, 0.6) is 0 Å². The third-order valence-corrected chi connectivity index (χ3v) is 5.87. The molecule has 0 radical (unpaired) electrons. The minimum Gasteiger partial charge on any atom is -0.330 e. The minimum atomic E-state index is -4.20. The summed E-state index contributed by atoms with van der Waals surface area (Å²) in [6, 6.07) is 5.89. The molecule has 3 rings (SSSR count). The van der Waals surface area contributed by atoms with Crippen LogP contribution in [0.25, 0.3) is 0 Å². The monoisotopic (exact) mass is 399 g/mol. The van der Waals surface area contributed by atoms with E-state index in [9.17, 15) is 22.2 Å². The van der Waals surface area contributed by atoms with E-state index in [1.54, 1.807) is 53.3 Å². The van der Waals surface area contributed by atoms with Crippen LogP contribution < -0.4 is 0 Å². The van der Waals surface area contributed by atoms with Crippen LogP contribution >= 0.6 is 0 Å². The Morgan fingerprint density at radius 2 is 2.00 bits per heavy atom. The van der Waals surface area contributed by atoms with Crippen molar-refractivity contribution in [1.29, 1.82) is 0 Å². The van der Waals surface area contributed by atoms with Crippen LogP contribution in [0.15, 0.2) is 36.7 Å². The Labute approximate surface area is 157 Å². The molecule has 146 valence electrons. The normalized spacial score (nSPS) is 20.7. The summed E-state index contributed by atoms with van der Waals surface area (Å²) >= 11 is 0. The van der Waals surface area contributed by atoms with Crippen LogP contribution in [0.4, 0.5) is 13.2 Å². The van der Waals surface area contributed by atoms with Gasteiger partial charge in [0, 0.05) is 59.6 Å². The first-order valence-electron chi connectivity index (χ1n) is 8.53. The summed E-state index contributed by atoms with van der Waals surface area (Å²) in [5.41, 5.74) is 1.76. The lowest BCUT2D eigenvalue weighted by Gasteiger charge is -2.35. The first-order chi connectivity index (χ1) is 12.7. The molecule has 0 saturated carbocycles. The van der Waals surface area contributed by atoms with E-state index >= 15 is 0 Å². The summed E-state index contributed by atoms with van der Waals surface area (Å²) in [6.45, 7) is 0.362. The Morgan fingerprint density at radius 1 is 1.30 bits per heavy atom. The highest BCUT2D eigenvalue weighted by Gasteiger charge is 2.32. The van der Waals surface area contributed by atoms with Gasteiger partial charge in [-0.3, -0.25) is 13.7 Å². The Morgan fingerprint density at radius 3 is 2.59 bits per heavy atom. The zero-order valence-electron chi connectivity index (χ0n) is 14.8. The second kappa shape index (κ2) is 7.84. The summed E-state index contributed by atoms with van der Waals surface area (Å²) in [5, 5.41) is 4.12. The zero-order valence-corrected chi connectivity index (χ0v) is 15.6. The fraction of sp³-hybridized carbons (Fsp3) is 0.444. The molecule has 9 heteroatoms. The largest absolute Gasteiger partial charge is 0.389 e. The van der Waals surface area contributed by atoms with E-state index in [2.05, 4.69) is 5.10 Å². The molecule has 1 aromatic heterocycles. The molecular weight excluding hydrogens is 379 g/mol. The van der Waals surface area contributed by atoms with E-state index in [0.29, 0.717) is 29.2 Å². The number of aryl methyl sites for hydroxylation is 2. The van der Waals surface area contributed by atoms with Gasteiger partial charge >= 0.3 is 6.18 Å². The van der Waals surface area contributed by atoms with E-state index < -0.39 is 23.4 Å². The predicted octanol–water partition coefficient (Wildman–Crippen LogP) is 2.86. The molecule has 2 atom stereocenters. The van der Waals surface area contributed by atoms with E-state index in [4.69, 9.17) is 0 Å². The van der Waals surface area contributed by atoms with Crippen LogP contribution in [0.2, 0.25) is 0 Å². The first-order valence-corrected chi connectivity index (χ1v) is 10.0. The Hall–Kier alpha value is -2.16. The number of hydrogen-bond acceptors (Lipinski definition) is 3. The topological polar surface area (TPSA) is 55.2 Å². The molecule has 2 heterocycles. The van der Waals surface area contributed by atoms with Gasteiger partial charge in [0.15, 0.2) is 0 Å². The number of hydrogen-bond donors (Lipinski definition) is 0. The van der Waals surface area contributed by atoms with Gasteiger partial charge in [0.25, 0.3) is 5.91 Å². The van der Waals surface area contributed by atoms with Crippen molar-refractivity contribution in [3.05, 3.63) is 53.3 Å². The summed E-state index contributed by atoms with van der Waals surface area (Å²) < 4.78 is 50.7. The molecule has 27 heavy (non-hydrogen) atoms. The summed E-state index contributed by atoms with van der Waals surface area (Å²) in [6.07, 6.45) is -1.74. The molecule has 1 aliphatic heterocycles. The van der Waals surface area contributed by atoms with Crippen molar-refractivity contribution < 1.29 is 22.2 Å². The standard InChI is InChI=1S/C18H20F3N3O2S/c1-23-11-15(10-22-23)16-12-27(26)9-8-24(16)17(25)14-4-2-13(3-5-14)6-7-18(19,20)21/h2-5,10-11,16H,6-9,12H2,1H3. The van der Waals surface area contributed by atoms with E-state index in [1.807, 2.05) is 0 Å². The number of carbonyl (C=O) groups excluding carboxylic acids is 1. The van der Waals surface area contributed by atoms with Crippen LogP contribution in [0.3, 0.4) is 0 Å². The third kappa shape index (κ3) is 4.97. The first kappa shape index (κ1) is 19.6. The van der Waals surface area contributed by atoms with Crippen molar-refractivity contribution >= 4 is 16.7 Å². The highest BCUT2D eigenvalue weighted by atomic mass is 32.2. The van der Waals surface area contributed by atoms with Crippen LogP contribution in [-0.4, -0.2) is 49.0 Å². The zero-order chi connectivity index (χ0) is 19.6. The van der Waals surface area contributed by atoms with E-state index in [1.165, 1.54) is 0 Å². The van der Waals surface area contributed by atoms with Gasteiger partial charge < -0.3 is 4.90 Å². The molecule has 1 amide bonds. The third-order valence-electron chi connectivity index (χ3n) is 4.55. The Balaban J connectivity index is 1.75. The van der Waals surface area contributed by atoms with Crippen molar-refractivity contribution in [3.63, 3.8) is 0 Å². The number of alkyl halides is 3. The molecule has 1 aromatic carbocycles. The van der Waals surface area contributed by atoms with Gasteiger partial charge in [-0.05, 0) is 24.1 Å². The molecule has 2 unspecified atom stereocenters. The van der Waals surface area contributed by atoms with Crippen molar-refractivity contribution in [2.75, 3.05) is 18.1 Å². The van der Waals surface area contributed by atoms with Crippen LogP contribution in [0, 0.1) is 0 Å². The molecule has 1 saturated heterocycles. The van der Waals surface area contributed by atoms with Crippen molar-refractivity contribution in [2.45, 2.75) is 25.1 Å². The number of benzene rings is 1. The predicted molar refractivity (Wildman–Crippen MR) is 95.7 cm³/mol. The molecule has 0 bridgehead atoms. The number of rotatable bonds is 4. The highest BCUT2D eigenvalue weighted by Crippen LogP contribution is 2.27. The number of aromatic nitrogens is 2.